The van der Waals surface area contributed by atoms with Gasteiger partial charge in [0.2, 0.25) is 5.91 Å². The highest BCUT2D eigenvalue weighted by Gasteiger charge is 2.18. The summed E-state index contributed by atoms with van der Waals surface area (Å²) in [6.07, 6.45) is 1.13. The van der Waals surface area contributed by atoms with Gasteiger partial charge in [0.05, 0.1) is 10.8 Å². The average molecular weight is 284 g/mol. The van der Waals surface area contributed by atoms with Crippen molar-refractivity contribution in [2.24, 2.45) is 11.7 Å². The Labute approximate surface area is 114 Å². The lowest BCUT2D eigenvalue weighted by atomic mass is 10.0. The minimum Gasteiger partial charge on any atom is -0.327 e. The predicted molar refractivity (Wildman–Crippen MR) is 75.7 cm³/mol. The van der Waals surface area contributed by atoms with Gasteiger partial charge in [-0.1, -0.05) is 13.0 Å². The number of benzene rings is 1. The van der Waals surface area contributed by atoms with Gasteiger partial charge in [0.15, 0.2) is 9.84 Å². The Morgan fingerprint density at radius 2 is 1.89 bits per heavy atom. The van der Waals surface area contributed by atoms with Gasteiger partial charge < -0.3 is 11.1 Å². The Kier molecular flexibility index (Phi) is 4.70. The molecule has 106 valence electrons. The summed E-state index contributed by atoms with van der Waals surface area (Å²) < 4.78 is 23.0. The van der Waals surface area contributed by atoms with Crippen molar-refractivity contribution in [3.8, 4) is 0 Å². The summed E-state index contributed by atoms with van der Waals surface area (Å²) in [6, 6.07) is 4.40. The largest absolute Gasteiger partial charge is 0.327 e. The molecule has 0 saturated carbocycles. The number of aryl methyl sites for hydroxylation is 1. The number of carbonyl (C=O) groups is 1. The summed E-state index contributed by atoms with van der Waals surface area (Å²) >= 11 is 0. The first kappa shape index (κ1) is 15.7. The molecule has 5 nitrogen and oxygen atoms in total. The number of amides is 1. The van der Waals surface area contributed by atoms with Crippen LogP contribution in [-0.4, -0.2) is 26.6 Å². The van der Waals surface area contributed by atoms with Gasteiger partial charge in [0.1, 0.15) is 0 Å². The second-order valence-electron chi connectivity index (χ2n) is 4.89. The maximum absolute atomic E-state index is 11.9. The SMILES string of the molecule is Cc1ccc(S(C)(=O)=O)cc1NC(=O)C(C)C(C)N. The molecule has 0 heterocycles. The first-order valence-corrected chi connectivity index (χ1v) is 7.89. The molecule has 0 aliphatic rings. The highest BCUT2D eigenvalue weighted by atomic mass is 32.2. The molecule has 1 aromatic rings. The Morgan fingerprint density at radius 3 is 2.37 bits per heavy atom. The molecular formula is C13H20N2O3S. The maximum Gasteiger partial charge on any atom is 0.228 e. The van der Waals surface area contributed by atoms with Crippen LogP contribution in [0.4, 0.5) is 5.69 Å². The van der Waals surface area contributed by atoms with E-state index in [1.807, 2.05) is 0 Å². The molecule has 6 heteroatoms. The van der Waals surface area contributed by atoms with Crippen molar-refractivity contribution in [1.29, 1.82) is 0 Å². The van der Waals surface area contributed by atoms with E-state index in [9.17, 15) is 13.2 Å². The first-order valence-electron chi connectivity index (χ1n) is 6.00. The Morgan fingerprint density at radius 1 is 1.32 bits per heavy atom. The molecule has 0 aliphatic heterocycles. The zero-order valence-electron chi connectivity index (χ0n) is 11.6. The van der Waals surface area contributed by atoms with Crippen molar-refractivity contribution < 1.29 is 13.2 Å². The van der Waals surface area contributed by atoms with Gasteiger partial charge in [-0.15, -0.1) is 0 Å². The van der Waals surface area contributed by atoms with Gasteiger partial charge >= 0.3 is 0 Å². The number of nitrogens with two attached hydrogens (primary N) is 1. The number of hydrogen-bond acceptors (Lipinski definition) is 4. The van der Waals surface area contributed by atoms with Crippen LogP contribution < -0.4 is 11.1 Å². The number of carbonyl (C=O) groups excluding carboxylic acids is 1. The van der Waals surface area contributed by atoms with Crippen LogP contribution >= 0.6 is 0 Å². The lowest BCUT2D eigenvalue weighted by Gasteiger charge is -2.17. The quantitative estimate of drug-likeness (QED) is 0.872. The van der Waals surface area contributed by atoms with Crippen molar-refractivity contribution in [3.63, 3.8) is 0 Å². The van der Waals surface area contributed by atoms with Crippen molar-refractivity contribution in [3.05, 3.63) is 23.8 Å². The van der Waals surface area contributed by atoms with Crippen LogP contribution in [0.1, 0.15) is 19.4 Å². The highest BCUT2D eigenvalue weighted by Crippen LogP contribution is 2.21. The third kappa shape index (κ3) is 4.04. The van der Waals surface area contributed by atoms with E-state index >= 15 is 0 Å². The number of anilines is 1. The first-order chi connectivity index (χ1) is 8.62. The van der Waals surface area contributed by atoms with E-state index in [2.05, 4.69) is 5.32 Å². The molecule has 0 aromatic heterocycles. The van der Waals surface area contributed by atoms with Gasteiger partial charge in [0, 0.05) is 18.0 Å². The molecule has 0 spiro atoms. The predicted octanol–water partition coefficient (Wildman–Crippen LogP) is 1.32. The monoisotopic (exact) mass is 284 g/mol. The minimum absolute atomic E-state index is 0.182. The van der Waals surface area contributed by atoms with Crippen molar-refractivity contribution in [2.75, 3.05) is 11.6 Å². The van der Waals surface area contributed by atoms with Crippen molar-refractivity contribution in [1.82, 2.24) is 0 Å². The third-order valence-corrected chi connectivity index (χ3v) is 4.21. The molecule has 0 fully saturated rings. The summed E-state index contributed by atoms with van der Waals surface area (Å²) in [6.45, 7) is 5.29. The Bertz CT molecular complexity index is 580. The normalized spacial score (nSPS) is 14.8. The van der Waals surface area contributed by atoms with Crippen LogP contribution in [0.3, 0.4) is 0 Å². The van der Waals surface area contributed by atoms with E-state index < -0.39 is 9.84 Å². The van der Waals surface area contributed by atoms with Crippen LogP contribution in [0.2, 0.25) is 0 Å². The molecule has 0 aliphatic carbocycles. The smallest absolute Gasteiger partial charge is 0.228 e. The Balaban J connectivity index is 3.05. The van der Waals surface area contributed by atoms with E-state index in [4.69, 9.17) is 5.73 Å². The molecule has 0 bridgehead atoms. The molecule has 3 N–H and O–H groups in total. The van der Waals surface area contributed by atoms with E-state index in [-0.39, 0.29) is 22.8 Å². The van der Waals surface area contributed by atoms with Gasteiger partial charge in [-0.2, -0.15) is 0 Å². The Hall–Kier alpha value is -1.40. The number of nitrogens with one attached hydrogen (secondary N) is 1. The molecule has 19 heavy (non-hydrogen) atoms. The average Bonchev–Trinajstić information content (AvgIpc) is 2.29. The molecule has 1 aromatic carbocycles. The second kappa shape index (κ2) is 5.71. The molecule has 1 amide bonds. The summed E-state index contributed by atoms with van der Waals surface area (Å²) in [4.78, 5) is 12.1. The second-order valence-corrected chi connectivity index (χ2v) is 6.90. The molecular weight excluding hydrogens is 264 g/mol. The van der Waals surface area contributed by atoms with Crippen molar-refractivity contribution in [2.45, 2.75) is 31.7 Å². The number of hydrogen-bond donors (Lipinski definition) is 2. The van der Waals surface area contributed by atoms with E-state index in [0.29, 0.717) is 5.69 Å². The minimum atomic E-state index is -3.29. The zero-order chi connectivity index (χ0) is 14.8. The summed E-state index contributed by atoms with van der Waals surface area (Å²) in [5.41, 5.74) is 6.97. The fourth-order valence-electron chi connectivity index (χ4n) is 1.45. The van der Waals surface area contributed by atoms with Crippen LogP contribution in [-0.2, 0) is 14.6 Å². The van der Waals surface area contributed by atoms with Crippen LogP contribution in [0, 0.1) is 12.8 Å². The summed E-state index contributed by atoms with van der Waals surface area (Å²) in [5.74, 6) is -0.565. The molecule has 1 rings (SSSR count). The lowest BCUT2D eigenvalue weighted by molar-refractivity contribution is -0.119. The van der Waals surface area contributed by atoms with Gasteiger partial charge in [0.25, 0.3) is 0 Å². The highest BCUT2D eigenvalue weighted by molar-refractivity contribution is 7.90. The molecule has 0 saturated heterocycles. The van der Waals surface area contributed by atoms with E-state index in [1.165, 1.54) is 12.1 Å². The van der Waals surface area contributed by atoms with E-state index in [0.717, 1.165) is 11.8 Å². The standard InChI is InChI=1S/C13H20N2O3S/c1-8-5-6-11(19(4,17)18)7-12(8)15-13(16)9(2)10(3)14/h5-7,9-10H,14H2,1-4H3,(H,15,16). The summed E-state index contributed by atoms with van der Waals surface area (Å²) in [7, 11) is -3.29. The maximum atomic E-state index is 11.9. The number of sulfone groups is 1. The van der Waals surface area contributed by atoms with Gasteiger partial charge in [-0.3, -0.25) is 4.79 Å². The van der Waals surface area contributed by atoms with Crippen molar-refractivity contribution >= 4 is 21.4 Å². The van der Waals surface area contributed by atoms with Gasteiger partial charge in [-0.25, -0.2) is 8.42 Å². The number of rotatable bonds is 4. The van der Waals surface area contributed by atoms with Crippen LogP contribution in [0.15, 0.2) is 23.1 Å². The topological polar surface area (TPSA) is 89.3 Å². The fourth-order valence-corrected chi connectivity index (χ4v) is 2.10. The molecule has 0 radical (unpaired) electrons. The summed E-state index contributed by atoms with van der Waals surface area (Å²) in [5, 5.41) is 2.72. The zero-order valence-corrected chi connectivity index (χ0v) is 12.4. The molecule has 2 unspecified atom stereocenters. The van der Waals surface area contributed by atoms with Crippen LogP contribution in [0.25, 0.3) is 0 Å². The van der Waals surface area contributed by atoms with Gasteiger partial charge in [-0.05, 0) is 31.5 Å². The molecule has 2 atom stereocenters. The van der Waals surface area contributed by atoms with Crippen LogP contribution in [0.5, 0.6) is 0 Å². The third-order valence-electron chi connectivity index (χ3n) is 3.10. The van der Waals surface area contributed by atoms with E-state index in [1.54, 1.807) is 26.8 Å². The lowest BCUT2D eigenvalue weighted by Crippen LogP contribution is -2.34. The fraction of sp³-hybridized carbons (Fsp3) is 0.462.